The molecule has 1 atom stereocenters. The Hall–Kier alpha value is -1.92. The van der Waals surface area contributed by atoms with E-state index >= 15 is 0 Å². The van der Waals surface area contributed by atoms with Gasteiger partial charge in [0.2, 0.25) is 5.91 Å². The third-order valence-corrected chi connectivity index (χ3v) is 6.40. The molecule has 158 valence electrons. The van der Waals surface area contributed by atoms with Gasteiger partial charge < -0.3 is 10.1 Å². The van der Waals surface area contributed by atoms with Crippen LogP contribution in [0.15, 0.2) is 29.8 Å². The van der Waals surface area contributed by atoms with Gasteiger partial charge in [0.1, 0.15) is 11.9 Å². The molecule has 0 spiro atoms. The van der Waals surface area contributed by atoms with E-state index in [-0.39, 0.29) is 12.0 Å². The van der Waals surface area contributed by atoms with Crippen LogP contribution in [0.5, 0.6) is 5.75 Å². The number of nitrogens with zero attached hydrogens (tertiary/aromatic N) is 2. The van der Waals surface area contributed by atoms with Crippen molar-refractivity contribution in [2.75, 3.05) is 19.6 Å². The second-order valence-corrected chi connectivity index (χ2v) is 8.73. The van der Waals surface area contributed by atoms with Gasteiger partial charge in [-0.25, -0.2) is 4.98 Å². The maximum absolute atomic E-state index is 12.3. The Labute approximate surface area is 178 Å². The van der Waals surface area contributed by atoms with Gasteiger partial charge in [0.15, 0.2) is 0 Å². The highest BCUT2D eigenvalue weighted by Crippen LogP contribution is 2.26. The second-order valence-electron chi connectivity index (χ2n) is 7.79. The van der Waals surface area contributed by atoms with Crippen LogP contribution in [0.1, 0.15) is 55.2 Å². The van der Waals surface area contributed by atoms with Crippen LogP contribution in [-0.2, 0) is 17.8 Å². The number of benzene rings is 1. The zero-order valence-electron chi connectivity index (χ0n) is 17.7. The van der Waals surface area contributed by atoms with Crippen molar-refractivity contribution in [3.63, 3.8) is 0 Å². The summed E-state index contributed by atoms with van der Waals surface area (Å²) in [4.78, 5) is 20.3. The topological polar surface area (TPSA) is 54.5 Å². The predicted octanol–water partition coefficient (Wildman–Crippen LogP) is 4.34. The van der Waals surface area contributed by atoms with Gasteiger partial charge in [0.05, 0.1) is 11.2 Å². The second kappa shape index (κ2) is 11.3. The van der Waals surface area contributed by atoms with E-state index in [0.717, 1.165) is 56.9 Å². The molecule has 5 nitrogen and oxygen atoms in total. The van der Waals surface area contributed by atoms with Gasteiger partial charge in [-0.15, -0.1) is 11.3 Å². The first-order chi connectivity index (χ1) is 14.2. The monoisotopic (exact) mass is 415 g/mol. The van der Waals surface area contributed by atoms with E-state index in [1.54, 1.807) is 11.3 Å². The molecule has 0 saturated carbocycles. The molecule has 1 amide bonds. The third-order valence-electron chi connectivity index (χ3n) is 5.40. The highest BCUT2D eigenvalue weighted by atomic mass is 32.1. The van der Waals surface area contributed by atoms with E-state index in [9.17, 15) is 4.79 Å². The summed E-state index contributed by atoms with van der Waals surface area (Å²) in [7, 11) is 0. The Morgan fingerprint density at radius 1 is 1.34 bits per heavy atom. The number of ether oxygens (including phenoxy) is 1. The molecule has 0 fully saturated rings. The molecule has 0 saturated heterocycles. The van der Waals surface area contributed by atoms with Crippen molar-refractivity contribution in [2.24, 2.45) is 0 Å². The minimum atomic E-state index is 0.134. The largest absolute Gasteiger partial charge is 0.489 e. The Kier molecular flexibility index (Phi) is 8.50. The van der Waals surface area contributed by atoms with E-state index in [1.165, 1.54) is 23.3 Å². The van der Waals surface area contributed by atoms with Gasteiger partial charge >= 0.3 is 0 Å². The van der Waals surface area contributed by atoms with Crippen molar-refractivity contribution in [3.05, 3.63) is 45.9 Å². The van der Waals surface area contributed by atoms with Gasteiger partial charge in [0, 0.05) is 43.0 Å². The molecule has 29 heavy (non-hydrogen) atoms. The van der Waals surface area contributed by atoms with Crippen LogP contribution in [0, 0.1) is 6.92 Å². The minimum absolute atomic E-state index is 0.134. The van der Waals surface area contributed by atoms with Crippen LogP contribution in [0.4, 0.5) is 0 Å². The van der Waals surface area contributed by atoms with Crippen LogP contribution >= 0.6 is 11.3 Å². The normalized spacial score (nSPS) is 16.7. The standard InChI is InChI=1S/C23H33N3O2S/c1-3-4-9-20-16-26(15-19-8-5-6-10-21(19)28-20)14-12-23(27)24-13-7-11-22-18(2)25-17-29-22/h5-6,8,10,17,20H,3-4,7,9,11-16H2,1-2H3,(H,24,27)/t20-/m1/s1. The molecule has 1 N–H and O–H groups in total. The van der Waals surface area contributed by atoms with Crippen LogP contribution in [-0.4, -0.2) is 41.5 Å². The molecule has 0 aliphatic carbocycles. The fourth-order valence-electron chi connectivity index (χ4n) is 3.70. The lowest BCUT2D eigenvalue weighted by Gasteiger charge is -2.23. The molecule has 6 heteroatoms. The first-order valence-electron chi connectivity index (χ1n) is 10.8. The number of thiazole rings is 1. The summed E-state index contributed by atoms with van der Waals surface area (Å²) in [6, 6.07) is 8.29. The first kappa shape index (κ1) is 21.8. The number of unbranched alkanes of at least 4 members (excludes halogenated alkanes) is 1. The lowest BCUT2D eigenvalue weighted by molar-refractivity contribution is -0.121. The fraction of sp³-hybridized carbons (Fsp3) is 0.565. The Balaban J connectivity index is 1.44. The number of amides is 1. The van der Waals surface area contributed by atoms with E-state index < -0.39 is 0 Å². The molecule has 0 unspecified atom stereocenters. The molecule has 2 aromatic rings. The lowest BCUT2D eigenvalue weighted by Crippen LogP contribution is -2.36. The number of aromatic nitrogens is 1. The smallest absolute Gasteiger partial charge is 0.221 e. The van der Waals surface area contributed by atoms with Crippen LogP contribution in [0.2, 0.25) is 0 Å². The summed E-state index contributed by atoms with van der Waals surface area (Å²) < 4.78 is 6.27. The van der Waals surface area contributed by atoms with Crippen LogP contribution < -0.4 is 10.1 Å². The van der Waals surface area contributed by atoms with Crippen LogP contribution in [0.3, 0.4) is 0 Å². The van der Waals surface area contributed by atoms with E-state index in [0.29, 0.717) is 6.42 Å². The number of hydrogen-bond donors (Lipinski definition) is 1. The summed E-state index contributed by atoms with van der Waals surface area (Å²) in [6.45, 7) is 7.47. The third kappa shape index (κ3) is 6.82. The van der Waals surface area contributed by atoms with Crippen molar-refractivity contribution in [1.82, 2.24) is 15.2 Å². The zero-order valence-corrected chi connectivity index (χ0v) is 18.5. The zero-order chi connectivity index (χ0) is 20.5. The Bertz CT molecular complexity index is 777. The summed E-state index contributed by atoms with van der Waals surface area (Å²) in [5.41, 5.74) is 4.22. The minimum Gasteiger partial charge on any atom is -0.489 e. The van der Waals surface area contributed by atoms with Crippen LogP contribution in [0.25, 0.3) is 0 Å². The molecular weight excluding hydrogens is 382 g/mol. The molecule has 0 radical (unpaired) electrons. The average Bonchev–Trinajstić information content (AvgIpc) is 3.04. The first-order valence-corrected chi connectivity index (χ1v) is 11.7. The van der Waals surface area contributed by atoms with Gasteiger partial charge in [0.25, 0.3) is 0 Å². The highest BCUT2D eigenvalue weighted by molar-refractivity contribution is 7.09. The van der Waals surface area contributed by atoms with Crippen molar-refractivity contribution >= 4 is 17.2 Å². The van der Waals surface area contributed by atoms with E-state index in [1.807, 2.05) is 18.5 Å². The highest BCUT2D eigenvalue weighted by Gasteiger charge is 2.22. The number of carbonyl (C=O) groups excluding carboxylic acids is 1. The maximum Gasteiger partial charge on any atom is 0.221 e. The number of carbonyl (C=O) groups is 1. The number of nitrogens with one attached hydrogen (secondary N) is 1. The van der Waals surface area contributed by atoms with Crippen molar-refractivity contribution in [2.45, 2.75) is 65.0 Å². The maximum atomic E-state index is 12.3. The molecule has 1 aliphatic heterocycles. The van der Waals surface area contributed by atoms with Gasteiger partial charge in [-0.2, -0.15) is 0 Å². The number of rotatable bonds is 10. The van der Waals surface area contributed by atoms with Gasteiger partial charge in [-0.3, -0.25) is 9.69 Å². The molecular formula is C23H33N3O2S. The summed E-state index contributed by atoms with van der Waals surface area (Å²) in [6.07, 6.45) is 6.07. The number of fused-ring (bicyclic) bond motifs is 1. The summed E-state index contributed by atoms with van der Waals surface area (Å²) in [5.74, 6) is 1.13. The number of aryl methyl sites for hydroxylation is 2. The molecule has 1 aliphatic rings. The van der Waals surface area contributed by atoms with Crippen molar-refractivity contribution in [3.8, 4) is 5.75 Å². The number of para-hydroxylation sites is 1. The molecule has 1 aromatic carbocycles. The Morgan fingerprint density at radius 3 is 3.00 bits per heavy atom. The quantitative estimate of drug-likeness (QED) is 0.587. The SMILES string of the molecule is CCCC[C@@H]1CN(CCC(=O)NCCCc2scnc2C)Cc2ccccc2O1. The Morgan fingerprint density at radius 2 is 2.21 bits per heavy atom. The summed E-state index contributed by atoms with van der Waals surface area (Å²) in [5, 5.41) is 3.07. The fourth-order valence-corrected chi connectivity index (χ4v) is 4.53. The molecule has 3 rings (SSSR count). The van der Waals surface area contributed by atoms with Gasteiger partial charge in [-0.05, 0) is 38.7 Å². The molecule has 1 aromatic heterocycles. The molecule has 0 bridgehead atoms. The average molecular weight is 416 g/mol. The van der Waals surface area contributed by atoms with Crippen molar-refractivity contribution in [1.29, 1.82) is 0 Å². The lowest BCUT2D eigenvalue weighted by atomic mass is 10.1. The summed E-state index contributed by atoms with van der Waals surface area (Å²) >= 11 is 1.70. The predicted molar refractivity (Wildman–Crippen MR) is 118 cm³/mol. The van der Waals surface area contributed by atoms with Gasteiger partial charge in [-0.1, -0.05) is 31.5 Å². The molecule has 2 heterocycles. The van der Waals surface area contributed by atoms with E-state index in [2.05, 4.69) is 40.3 Å². The van der Waals surface area contributed by atoms with Crippen molar-refractivity contribution < 1.29 is 9.53 Å². The number of hydrogen-bond acceptors (Lipinski definition) is 5. The van der Waals surface area contributed by atoms with E-state index in [4.69, 9.17) is 4.74 Å².